The van der Waals surface area contributed by atoms with Crippen LogP contribution in [0.25, 0.3) is 0 Å². The lowest BCUT2D eigenvalue weighted by molar-refractivity contribution is -0.139. The highest BCUT2D eigenvalue weighted by Crippen LogP contribution is 2.10. The van der Waals surface area contributed by atoms with Gasteiger partial charge in [-0.25, -0.2) is 9.59 Å². The van der Waals surface area contributed by atoms with Crippen LogP contribution in [0.3, 0.4) is 0 Å². The van der Waals surface area contributed by atoms with Crippen LogP contribution in [0.1, 0.15) is 85.5 Å². The maximum atomic E-state index is 11.1. The lowest BCUT2D eigenvalue weighted by Gasteiger charge is -2.04. The van der Waals surface area contributed by atoms with Crippen molar-refractivity contribution in [2.45, 2.75) is 85.5 Å². The van der Waals surface area contributed by atoms with Gasteiger partial charge in [-0.05, 0) is 13.3 Å². The van der Waals surface area contributed by atoms with Crippen LogP contribution in [0.15, 0.2) is 24.8 Å². The summed E-state index contributed by atoms with van der Waals surface area (Å²) in [4.78, 5) is 20.9. The van der Waals surface area contributed by atoms with E-state index < -0.39 is 5.97 Å². The SMILES string of the molecule is C.C=C(C)C(=O)OCCCCCCCCCCCC.C=CC(=O)OC. The van der Waals surface area contributed by atoms with Gasteiger partial charge in [-0.1, -0.05) is 85.3 Å². The summed E-state index contributed by atoms with van der Waals surface area (Å²) >= 11 is 0. The largest absolute Gasteiger partial charge is 0.466 e. The Balaban J connectivity index is -0.000000592. The first-order valence-electron chi connectivity index (χ1n) is 9.02. The predicted octanol–water partition coefficient (Wildman–Crippen LogP) is 6.01. The van der Waals surface area contributed by atoms with Crippen LogP contribution >= 0.6 is 0 Å². The van der Waals surface area contributed by atoms with Gasteiger partial charge in [0.05, 0.1) is 13.7 Å². The molecule has 0 spiro atoms. The second-order valence-electron chi connectivity index (χ2n) is 5.83. The van der Waals surface area contributed by atoms with Crippen molar-refractivity contribution in [1.29, 1.82) is 0 Å². The van der Waals surface area contributed by atoms with E-state index in [1.165, 1.54) is 64.9 Å². The fourth-order valence-corrected chi connectivity index (χ4v) is 1.96. The highest BCUT2D eigenvalue weighted by atomic mass is 16.5. The summed E-state index contributed by atoms with van der Waals surface area (Å²) in [5, 5.41) is 0. The molecule has 0 saturated heterocycles. The summed E-state index contributed by atoms with van der Waals surface area (Å²) < 4.78 is 9.18. The molecule has 0 aliphatic heterocycles. The topological polar surface area (TPSA) is 52.6 Å². The highest BCUT2D eigenvalue weighted by Gasteiger charge is 2.01. The third kappa shape index (κ3) is 24.8. The Morgan fingerprint density at radius 3 is 1.68 bits per heavy atom. The molecule has 0 radical (unpaired) electrons. The molecule has 0 aliphatic carbocycles. The van der Waals surface area contributed by atoms with Gasteiger partial charge >= 0.3 is 11.9 Å². The molecule has 0 saturated carbocycles. The van der Waals surface area contributed by atoms with Crippen molar-refractivity contribution >= 4 is 11.9 Å². The maximum absolute atomic E-state index is 11.1. The average molecular weight is 357 g/mol. The summed E-state index contributed by atoms with van der Waals surface area (Å²) in [5.41, 5.74) is 0.488. The normalized spacial score (nSPS) is 9.08. The molecular weight excluding hydrogens is 316 g/mol. The first kappa shape index (κ1) is 28.2. The van der Waals surface area contributed by atoms with Crippen LogP contribution in [0, 0.1) is 0 Å². The molecular formula is C21H40O4. The number of methoxy groups -OCH3 is 1. The molecule has 0 aromatic rings. The van der Waals surface area contributed by atoms with Crippen LogP contribution < -0.4 is 0 Å². The van der Waals surface area contributed by atoms with Crippen LogP contribution in [-0.2, 0) is 19.1 Å². The van der Waals surface area contributed by atoms with Crippen molar-refractivity contribution in [1.82, 2.24) is 0 Å². The molecule has 0 bridgehead atoms. The van der Waals surface area contributed by atoms with Crippen LogP contribution in [0.4, 0.5) is 0 Å². The number of unbranched alkanes of at least 4 members (excludes halogenated alkanes) is 9. The zero-order valence-corrected chi connectivity index (χ0v) is 15.9. The van der Waals surface area contributed by atoms with Gasteiger partial charge in [0.1, 0.15) is 0 Å². The minimum Gasteiger partial charge on any atom is -0.466 e. The van der Waals surface area contributed by atoms with Gasteiger partial charge in [0.15, 0.2) is 0 Å². The summed E-state index contributed by atoms with van der Waals surface area (Å²) in [7, 11) is 1.31. The van der Waals surface area contributed by atoms with Crippen molar-refractivity contribution in [3.63, 3.8) is 0 Å². The molecule has 25 heavy (non-hydrogen) atoms. The van der Waals surface area contributed by atoms with E-state index in [0.717, 1.165) is 12.5 Å². The molecule has 0 aromatic carbocycles. The van der Waals surface area contributed by atoms with E-state index in [0.29, 0.717) is 12.2 Å². The molecule has 148 valence electrons. The minimum absolute atomic E-state index is 0. The Kier molecular flexibility index (Phi) is 25.3. The zero-order valence-electron chi connectivity index (χ0n) is 15.9. The number of rotatable bonds is 13. The fourth-order valence-electron chi connectivity index (χ4n) is 1.96. The Bertz CT molecular complexity index is 348. The van der Waals surface area contributed by atoms with E-state index in [1.54, 1.807) is 6.92 Å². The molecule has 0 atom stereocenters. The number of esters is 2. The van der Waals surface area contributed by atoms with E-state index in [9.17, 15) is 9.59 Å². The fraction of sp³-hybridized carbons (Fsp3) is 0.714. The Labute approximate surface area is 155 Å². The van der Waals surface area contributed by atoms with Crippen LogP contribution in [-0.4, -0.2) is 25.7 Å². The van der Waals surface area contributed by atoms with Gasteiger partial charge < -0.3 is 9.47 Å². The summed E-state index contributed by atoms with van der Waals surface area (Å²) in [5.74, 6) is -0.652. The standard InChI is InChI=1S/C16H30O2.C4H6O2.CH4/c1-4-5-6-7-8-9-10-11-12-13-14-18-16(17)15(2)3;1-3-4(5)6-2;/h2,4-14H2,1,3H3;3H,1H2,2H3;1H4. The maximum Gasteiger partial charge on any atom is 0.333 e. The third-order valence-corrected chi connectivity index (χ3v) is 3.45. The van der Waals surface area contributed by atoms with E-state index in [1.807, 2.05) is 0 Å². The zero-order chi connectivity index (χ0) is 18.6. The molecule has 4 heteroatoms. The smallest absolute Gasteiger partial charge is 0.333 e. The van der Waals surface area contributed by atoms with E-state index >= 15 is 0 Å². The molecule has 0 heterocycles. The quantitative estimate of drug-likeness (QED) is 0.230. The highest BCUT2D eigenvalue weighted by molar-refractivity contribution is 5.86. The van der Waals surface area contributed by atoms with Crippen molar-refractivity contribution in [2.75, 3.05) is 13.7 Å². The van der Waals surface area contributed by atoms with Crippen molar-refractivity contribution in [2.24, 2.45) is 0 Å². The van der Waals surface area contributed by atoms with Crippen LogP contribution in [0.2, 0.25) is 0 Å². The van der Waals surface area contributed by atoms with Gasteiger partial charge in [-0.3, -0.25) is 0 Å². The Morgan fingerprint density at radius 1 is 0.920 bits per heavy atom. The van der Waals surface area contributed by atoms with Gasteiger partial charge in [0, 0.05) is 11.6 Å². The second kappa shape index (κ2) is 22.4. The molecule has 0 rings (SSSR count). The minimum atomic E-state index is -0.394. The predicted molar refractivity (Wildman–Crippen MR) is 107 cm³/mol. The summed E-state index contributed by atoms with van der Waals surface area (Å²) in [6, 6.07) is 0. The lowest BCUT2D eigenvalue weighted by Crippen LogP contribution is -2.05. The number of carbonyl (C=O) groups excluding carboxylic acids is 2. The van der Waals surface area contributed by atoms with Crippen molar-refractivity contribution in [3.8, 4) is 0 Å². The van der Waals surface area contributed by atoms with E-state index in [2.05, 4.69) is 24.8 Å². The van der Waals surface area contributed by atoms with E-state index in [-0.39, 0.29) is 13.4 Å². The summed E-state index contributed by atoms with van der Waals surface area (Å²) in [6.07, 6.45) is 14.1. The molecule has 0 amide bonds. The number of hydrogen-bond acceptors (Lipinski definition) is 4. The monoisotopic (exact) mass is 356 g/mol. The van der Waals surface area contributed by atoms with Gasteiger partial charge in [-0.2, -0.15) is 0 Å². The third-order valence-electron chi connectivity index (χ3n) is 3.45. The molecule has 0 N–H and O–H groups in total. The lowest BCUT2D eigenvalue weighted by atomic mass is 10.1. The molecule has 0 aliphatic rings. The first-order valence-corrected chi connectivity index (χ1v) is 9.02. The number of carbonyl (C=O) groups is 2. The average Bonchev–Trinajstić information content (AvgIpc) is 2.59. The molecule has 0 aromatic heterocycles. The van der Waals surface area contributed by atoms with Crippen molar-refractivity contribution < 1.29 is 19.1 Å². The molecule has 4 nitrogen and oxygen atoms in total. The summed E-state index contributed by atoms with van der Waals surface area (Å²) in [6.45, 7) is 11.2. The van der Waals surface area contributed by atoms with Crippen LogP contribution in [0.5, 0.6) is 0 Å². The van der Waals surface area contributed by atoms with Gasteiger partial charge in [0.25, 0.3) is 0 Å². The number of hydrogen-bond donors (Lipinski definition) is 0. The van der Waals surface area contributed by atoms with E-state index in [4.69, 9.17) is 4.74 Å². The first-order chi connectivity index (χ1) is 11.5. The Hall–Kier alpha value is -1.58. The van der Waals surface area contributed by atoms with Gasteiger partial charge in [-0.15, -0.1) is 0 Å². The molecule has 0 fully saturated rings. The second-order valence-corrected chi connectivity index (χ2v) is 5.83. The Morgan fingerprint density at radius 2 is 1.36 bits per heavy atom. The van der Waals surface area contributed by atoms with Gasteiger partial charge in [0.2, 0.25) is 0 Å². The molecule has 0 unspecified atom stereocenters. The van der Waals surface area contributed by atoms with Crippen molar-refractivity contribution in [3.05, 3.63) is 24.8 Å². The number of ether oxygens (including phenoxy) is 2.